The van der Waals surface area contributed by atoms with Crippen molar-refractivity contribution in [3.63, 3.8) is 0 Å². The molecule has 4 rings (SSSR count). The van der Waals surface area contributed by atoms with E-state index in [0.717, 1.165) is 31.4 Å². The Morgan fingerprint density at radius 1 is 0.947 bits per heavy atom. The van der Waals surface area contributed by atoms with Crippen LogP contribution in [0.2, 0.25) is 0 Å². The highest BCUT2D eigenvalue weighted by Crippen LogP contribution is 2.43. The summed E-state index contributed by atoms with van der Waals surface area (Å²) in [6, 6.07) is 5.73. The number of benzene rings is 1. The fraction of sp³-hybridized carbons (Fsp3) is 0.250. The van der Waals surface area contributed by atoms with Crippen LogP contribution >= 0.6 is 0 Å². The quantitative estimate of drug-likeness (QED) is 0.781. The van der Waals surface area contributed by atoms with Gasteiger partial charge in [-0.1, -0.05) is 6.07 Å². The Morgan fingerprint density at radius 2 is 1.79 bits per heavy atom. The average molecular weight is 250 g/mol. The van der Waals surface area contributed by atoms with E-state index in [0.29, 0.717) is 5.75 Å². The summed E-state index contributed by atoms with van der Waals surface area (Å²) >= 11 is 0. The molecule has 2 aliphatic rings. The number of aromatic nitrogens is 2. The number of aromatic hydroxyl groups is 1. The molecule has 0 unspecified atom stereocenters. The van der Waals surface area contributed by atoms with Crippen molar-refractivity contribution in [1.29, 1.82) is 0 Å². The second-order valence-electron chi connectivity index (χ2n) is 5.20. The molecule has 94 valence electrons. The Bertz CT molecular complexity index is 704. The molecule has 1 heterocycles. The molecule has 1 aromatic carbocycles. The number of rotatable bonds is 0. The van der Waals surface area contributed by atoms with Crippen LogP contribution in [0.25, 0.3) is 11.1 Å². The lowest BCUT2D eigenvalue weighted by Crippen LogP contribution is -2.12. The summed E-state index contributed by atoms with van der Waals surface area (Å²) in [5.74, 6) is 0.362. The smallest absolute Gasteiger partial charge is 0.116 e. The molecule has 0 saturated carbocycles. The molecule has 1 aromatic heterocycles. The Labute approximate surface area is 111 Å². The molecular formula is C16H14N2O. The summed E-state index contributed by atoms with van der Waals surface area (Å²) < 4.78 is 0. The van der Waals surface area contributed by atoms with Gasteiger partial charge in [-0.2, -0.15) is 0 Å². The van der Waals surface area contributed by atoms with Crippen LogP contribution in [-0.4, -0.2) is 15.1 Å². The maximum atomic E-state index is 9.61. The monoisotopic (exact) mass is 250 g/mol. The number of phenols is 1. The standard InChI is InChI=1S/C16H14N2O/c19-12-3-6-13-10(7-12)1-5-15-14(13)4-2-11-8-17-9-18-16(11)15/h3,6-9,19H,1-2,4-5H2. The number of phenolic OH excluding ortho intramolecular Hbond substituents is 1. The molecule has 0 saturated heterocycles. The van der Waals surface area contributed by atoms with Gasteiger partial charge >= 0.3 is 0 Å². The number of nitrogens with zero attached hydrogens (tertiary/aromatic N) is 2. The van der Waals surface area contributed by atoms with Crippen LogP contribution in [0, 0.1) is 0 Å². The molecule has 0 spiro atoms. The van der Waals surface area contributed by atoms with E-state index in [9.17, 15) is 5.11 Å². The molecule has 0 radical (unpaired) electrons. The van der Waals surface area contributed by atoms with Crippen LogP contribution in [0.5, 0.6) is 5.75 Å². The summed E-state index contributed by atoms with van der Waals surface area (Å²) in [5.41, 5.74) is 7.74. The van der Waals surface area contributed by atoms with E-state index in [1.165, 1.54) is 27.8 Å². The lowest BCUT2D eigenvalue weighted by atomic mass is 9.78. The van der Waals surface area contributed by atoms with Crippen LogP contribution in [0.1, 0.15) is 35.2 Å². The van der Waals surface area contributed by atoms with Crippen molar-refractivity contribution in [2.45, 2.75) is 25.7 Å². The molecule has 0 fully saturated rings. The van der Waals surface area contributed by atoms with Crippen molar-refractivity contribution < 1.29 is 5.11 Å². The Balaban J connectivity index is 1.94. The van der Waals surface area contributed by atoms with E-state index >= 15 is 0 Å². The Kier molecular flexibility index (Phi) is 2.21. The molecule has 3 heteroatoms. The maximum absolute atomic E-state index is 9.61. The molecule has 2 aliphatic carbocycles. The fourth-order valence-corrected chi connectivity index (χ4v) is 3.27. The minimum Gasteiger partial charge on any atom is -0.508 e. The third kappa shape index (κ3) is 1.58. The number of hydrogen-bond donors (Lipinski definition) is 1. The van der Waals surface area contributed by atoms with E-state index in [2.05, 4.69) is 9.97 Å². The van der Waals surface area contributed by atoms with Crippen molar-refractivity contribution in [3.8, 4) is 5.75 Å². The van der Waals surface area contributed by atoms with E-state index in [-0.39, 0.29) is 0 Å². The molecule has 0 atom stereocenters. The van der Waals surface area contributed by atoms with Crippen LogP contribution in [0.15, 0.2) is 30.7 Å². The first-order chi connectivity index (χ1) is 9.33. The minimum absolute atomic E-state index is 0.362. The van der Waals surface area contributed by atoms with Gasteiger partial charge in [-0.25, -0.2) is 9.97 Å². The maximum Gasteiger partial charge on any atom is 0.116 e. The van der Waals surface area contributed by atoms with Crippen molar-refractivity contribution >= 4 is 11.1 Å². The fourth-order valence-electron chi connectivity index (χ4n) is 3.27. The van der Waals surface area contributed by atoms with Gasteiger partial charge in [0, 0.05) is 6.20 Å². The Hall–Kier alpha value is -2.16. The Morgan fingerprint density at radius 3 is 2.74 bits per heavy atom. The highest BCUT2D eigenvalue weighted by molar-refractivity contribution is 5.94. The van der Waals surface area contributed by atoms with Gasteiger partial charge in [0.25, 0.3) is 0 Å². The summed E-state index contributed by atoms with van der Waals surface area (Å²) in [5, 5.41) is 9.61. The molecule has 0 bridgehead atoms. The zero-order valence-electron chi connectivity index (χ0n) is 10.6. The van der Waals surface area contributed by atoms with Crippen LogP contribution < -0.4 is 0 Å². The summed E-state index contributed by atoms with van der Waals surface area (Å²) in [6.45, 7) is 0. The predicted octanol–water partition coefficient (Wildman–Crippen LogP) is 2.99. The predicted molar refractivity (Wildman–Crippen MR) is 73.6 cm³/mol. The SMILES string of the molecule is Oc1ccc2c(c1)CCC1=C2CCc2cncnc21. The van der Waals surface area contributed by atoms with Gasteiger partial charge in [0.05, 0.1) is 5.69 Å². The highest BCUT2D eigenvalue weighted by Gasteiger charge is 2.26. The zero-order valence-corrected chi connectivity index (χ0v) is 10.6. The van der Waals surface area contributed by atoms with Gasteiger partial charge in [0.15, 0.2) is 0 Å². The summed E-state index contributed by atoms with van der Waals surface area (Å²) in [7, 11) is 0. The summed E-state index contributed by atoms with van der Waals surface area (Å²) in [4.78, 5) is 8.60. The average Bonchev–Trinajstić information content (AvgIpc) is 2.46. The molecule has 1 N–H and O–H groups in total. The molecule has 19 heavy (non-hydrogen) atoms. The van der Waals surface area contributed by atoms with E-state index in [1.54, 1.807) is 12.4 Å². The molecule has 3 nitrogen and oxygen atoms in total. The first-order valence-electron chi connectivity index (χ1n) is 6.66. The molecule has 0 amide bonds. The first-order valence-corrected chi connectivity index (χ1v) is 6.66. The number of hydrogen-bond acceptors (Lipinski definition) is 3. The lowest BCUT2D eigenvalue weighted by Gasteiger charge is -2.28. The van der Waals surface area contributed by atoms with Crippen molar-refractivity contribution in [2.24, 2.45) is 0 Å². The molecule has 2 aromatic rings. The molecule has 0 aliphatic heterocycles. The van der Waals surface area contributed by atoms with Gasteiger partial charge in [-0.3, -0.25) is 0 Å². The number of fused-ring (bicyclic) bond motifs is 4. The van der Waals surface area contributed by atoms with Gasteiger partial charge < -0.3 is 5.11 Å². The lowest BCUT2D eigenvalue weighted by molar-refractivity contribution is 0.474. The number of allylic oxidation sites excluding steroid dienone is 2. The van der Waals surface area contributed by atoms with Crippen LogP contribution in [-0.2, 0) is 12.8 Å². The van der Waals surface area contributed by atoms with Crippen molar-refractivity contribution in [3.05, 3.63) is 53.1 Å². The van der Waals surface area contributed by atoms with Gasteiger partial charge in [0.1, 0.15) is 12.1 Å². The van der Waals surface area contributed by atoms with Crippen molar-refractivity contribution in [2.75, 3.05) is 0 Å². The van der Waals surface area contributed by atoms with E-state index < -0.39 is 0 Å². The first kappa shape index (κ1) is 10.7. The van der Waals surface area contributed by atoms with E-state index in [4.69, 9.17) is 0 Å². The van der Waals surface area contributed by atoms with Crippen LogP contribution in [0.3, 0.4) is 0 Å². The van der Waals surface area contributed by atoms with Crippen molar-refractivity contribution in [1.82, 2.24) is 9.97 Å². The second-order valence-corrected chi connectivity index (χ2v) is 5.20. The summed E-state index contributed by atoms with van der Waals surface area (Å²) in [6.07, 6.45) is 7.63. The third-order valence-electron chi connectivity index (χ3n) is 4.14. The largest absolute Gasteiger partial charge is 0.508 e. The van der Waals surface area contributed by atoms with E-state index in [1.807, 2.05) is 18.3 Å². The van der Waals surface area contributed by atoms with Gasteiger partial charge in [-0.05, 0) is 65.7 Å². The topological polar surface area (TPSA) is 46.0 Å². The van der Waals surface area contributed by atoms with Gasteiger partial charge in [0.2, 0.25) is 0 Å². The van der Waals surface area contributed by atoms with Gasteiger partial charge in [-0.15, -0.1) is 0 Å². The third-order valence-corrected chi connectivity index (χ3v) is 4.14. The minimum atomic E-state index is 0.362. The molecular weight excluding hydrogens is 236 g/mol. The second kappa shape index (κ2) is 3.92. The number of aryl methyl sites for hydroxylation is 2. The highest BCUT2D eigenvalue weighted by atomic mass is 16.3. The van der Waals surface area contributed by atoms with Crippen LogP contribution in [0.4, 0.5) is 0 Å². The normalized spacial score (nSPS) is 16.6. The zero-order chi connectivity index (χ0) is 12.8.